The highest BCUT2D eigenvalue weighted by atomic mass is 16.1. The first kappa shape index (κ1) is 17.8. The number of aromatic nitrogens is 2. The van der Waals surface area contributed by atoms with Crippen molar-refractivity contribution in [2.75, 3.05) is 5.32 Å². The second kappa shape index (κ2) is 7.51. The molecule has 0 atom stereocenters. The topological polar surface area (TPSA) is 102 Å². The first-order valence-corrected chi connectivity index (χ1v) is 8.76. The van der Waals surface area contributed by atoms with Crippen LogP contribution in [0.2, 0.25) is 0 Å². The fourth-order valence-corrected chi connectivity index (χ4v) is 3.48. The fourth-order valence-electron chi connectivity index (χ4n) is 3.48. The van der Waals surface area contributed by atoms with Gasteiger partial charge in [0.15, 0.2) is 5.78 Å². The summed E-state index contributed by atoms with van der Waals surface area (Å²) >= 11 is 0. The van der Waals surface area contributed by atoms with Crippen molar-refractivity contribution in [1.82, 2.24) is 9.55 Å². The molecule has 26 heavy (non-hydrogen) atoms. The molecule has 2 aromatic rings. The average Bonchev–Trinajstić information content (AvgIpc) is 3.09. The molecule has 136 valence electrons. The maximum atomic E-state index is 13.0. The number of anilines is 1. The maximum absolute atomic E-state index is 13.0. The molecule has 7 heteroatoms. The van der Waals surface area contributed by atoms with Crippen molar-refractivity contribution in [2.24, 2.45) is 10.7 Å². The Labute approximate surface area is 152 Å². The predicted molar refractivity (Wildman–Crippen MR) is 102 cm³/mol. The van der Waals surface area contributed by atoms with Crippen LogP contribution in [0.3, 0.4) is 0 Å². The summed E-state index contributed by atoms with van der Waals surface area (Å²) in [4.78, 5) is 33.5. The highest BCUT2D eigenvalue weighted by Gasteiger charge is 2.24. The van der Waals surface area contributed by atoms with E-state index in [1.165, 1.54) is 6.92 Å². The summed E-state index contributed by atoms with van der Waals surface area (Å²) in [7, 11) is 0. The summed E-state index contributed by atoms with van der Waals surface area (Å²) in [5, 5.41) is 2.92. The lowest BCUT2D eigenvalue weighted by Crippen LogP contribution is -2.30. The second-order valence-electron chi connectivity index (χ2n) is 6.57. The van der Waals surface area contributed by atoms with Crippen molar-refractivity contribution in [2.45, 2.75) is 45.6 Å². The van der Waals surface area contributed by atoms with Gasteiger partial charge < -0.3 is 11.1 Å². The Balaban J connectivity index is 2.06. The minimum Gasteiger partial charge on any atom is -0.369 e. The van der Waals surface area contributed by atoms with Crippen LogP contribution in [0, 0.1) is 6.92 Å². The molecule has 0 radical (unpaired) electrons. The van der Waals surface area contributed by atoms with Crippen molar-refractivity contribution < 1.29 is 4.79 Å². The van der Waals surface area contributed by atoms with E-state index in [1.54, 1.807) is 35.9 Å². The van der Waals surface area contributed by atoms with Crippen molar-refractivity contribution in [1.29, 1.82) is 0 Å². The van der Waals surface area contributed by atoms with E-state index in [0.29, 0.717) is 17.2 Å². The molecule has 7 nitrogen and oxygen atoms in total. The van der Waals surface area contributed by atoms with Crippen LogP contribution in [0.4, 0.5) is 11.6 Å². The molecule has 0 spiro atoms. The maximum Gasteiger partial charge on any atom is 0.263 e. The smallest absolute Gasteiger partial charge is 0.263 e. The first-order chi connectivity index (χ1) is 12.5. The molecule has 2 aromatic heterocycles. The molecule has 1 fully saturated rings. The number of nitrogens with one attached hydrogen (secondary N) is 1. The van der Waals surface area contributed by atoms with Gasteiger partial charge in [-0.05, 0) is 50.5 Å². The van der Waals surface area contributed by atoms with Gasteiger partial charge in [-0.2, -0.15) is 4.99 Å². The summed E-state index contributed by atoms with van der Waals surface area (Å²) in [6.07, 6.45) is 5.57. The first-order valence-electron chi connectivity index (χ1n) is 8.76. The van der Waals surface area contributed by atoms with Crippen molar-refractivity contribution >= 4 is 23.4 Å². The summed E-state index contributed by atoms with van der Waals surface area (Å²) in [5.74, 6) is 0.949. The molecule has 0 bridgehead atoms. The summed E-state index contributed by atoms with van der Waals surface area (Å²) in [5.41, 5.74) is 6.58. The van der Waals surface area contributed by atoms with Gasteiger partial charge in [0.1, 0.15) is 11.6 Å². The molecule has 1 aliphatic rings. The Hall–Kier alpha value is -2.96. The van der Waals surface area contributed by atoms with Crippen LogP contribution in [0.25, 0.3) is 0 Å². The monoisotopic (exact) mass is 353 g/mol. The number of nitrogens with zero attached hydrogens (tertiary/aromatic N) is 3. The van der Waals surface area contributed by atoms with Gasteiger partial charge in [-0.3, -0.25) is 14.2 Å². The highest BCUT2D eigenvalue weighted by Crippen LogP contribution is 2.32. The van der Waals surface area contributed by atoms with Crippen molar-refractivity contribution in [3.8, 4) is 0 Å². The number of carbonyl (C=O) groups is 1. The molecule has 0 aromatic carbocycles. The number of ketones is 1. The van der Waals surface area contributed by atoms with Gasteiger partial charge in [-0.1, -0.05) is 18.9 Å². The SMILES string of the molecule is CC(=O)c1c(C)cc(/N=C(\N)Nc2ccccn2)n(C2CCCC2)c1=O. The predicted octanol–water partition coefficient (Wildman–Crippen LogP) is 2.93. The minimum atomic E-state index is -0.284. The summed E-state index contributed by atoms with van der Waals surface area (Å²) in [6.45, 7) is 3.17. The Bertz CT molecular complexity index is 896. The number of Topliss-reactive ketones (excluding diaryl/α,β-unsaturated/α-hetero) is 1. The number of nitrogens with two attached hydrogens (primary N) is 1. The van der Waals surface area contributed by atoms with E-state index in [-0.39, 0.29) is 28.9 Å². The van der Waals surface area contributed by atoms with Gasteiger partial charge in [0.2, 0.25) is 5.96 Å². The third-order valence-corrected chi connectivity index (χ3v) is 4.62. The Morgan fingerprint density at radius 2 is 2.08 bits per heavy atom. The highest BCUT2D eigenvalue weighted by molar-refractivity contribution is 5.96. The zero-order chi connectivity index (χ0) is 18.7. The molecule has 0 aliphatic heterocycles. The number of carbonyl (C=O) groups excluding carboxylic acids is 1. The average molecular weight is 353 g/mol. The standard InChI is InChI=1S/C19H23N5O2/c1-12-11-16(23-19(20)22-15-9-5-6-10-21-15)24(14-7-3-4-8-14)18(26)17(12)13(2)25/h5-6,9-11,14H,3-4,7-8H2,1-2H3,(H3,20,21,22,23). The molecule has 1 saturated carbocycles. The van der Waals surface area contributed by atoms with Crippen LogP contribution in [0.5, 0.6) is 0 Å². The van der Waals surface area contributed by atoms with E-state index in [9.17, 15) is 9.59 Å². The van der Waals surface area contributed by atoms with Crippen LogP contribution < -0.4 is 16.6 Å². The van der Waals surface area contributed by atoms with Gasteiger partial charge in [-0.15, -0.1) is 0 Å². The zero-order valence-electron chi connectivity index (χ0n) is 15.0. The van der Waals surface area contributed by atoms with E-state index in [0.717, 1.165) is 25.7 Å². The number of guanidine groups is 1. The number of aliphatic imine (C=N–C) groups is 1. The van der Waals surface area contributed by atoms with Gasteiger partial charge in [0.25, 0.3) is 5.56 Å². The molecule has 0 unspecified atom stereocenters. The number of pyridine rings is 2. The number of aryl methyl sites for hydroxylation is 1. The zero-order valence-corrected chi connectivity index (χ0v) is 15.0. The van der Waals surface area contributed by atoms with Crippen molar-refractivity contribution in [3.05, 3.63) is 51.9 Å². The molecule has 0 saturated heterocycles. The second-order valence-corrected chi connectivity index (χ2v) is 6.57. The van der Waals surface area contributed by atoms with E-state index >= 15 is 0 Å². The van der Waals surface area contributed by atoms with E-state index in [4.69, 9.17) is 5.73 Å². The third-order valence-electron chi connectivity index (χ3n) is 4.62. The lowest BCUT2D eigenvalue weighted by Gasteiger charge is -2.19. The van der Waals surface area contributed by atoms with Gasteiger partial charge >= 0.3 is 0 Å². The summed E-state index contributed by atoms with van der Waals surface area (Å²) in [6, 6.07) is 7.21. The van der Waals surface area contributed by atoms with Crippen LogP contribution in [0.1, 0.15) is 54.6 Å². The third kappa shape index (κ3) is 3.66. The van der Waals surface area contributed by atoms with E-state index < -0.39 is 0 Å². The lowest BCUT2D eigenvalue weighted by atomic mass is 10.1. The molecular weight excluding hydrogens is 330 g/mol. The minimum absolute atomic E-state index is 0.0441. The Morgan fingerprint density at radius 3 is 2.69 bits per heavy atom. The Morgan fingerprint density at radius 1 is 1.35 bits per heavy atom. The quantitative estimate of drug-likeness (QED) is 0.500. The largest absolute Gasteiger partial charge is 0.369 e. The van der Waals surface area contributed by atoms with Crippen LogP contribution in [-0.4, -0.2) is 21.3 Å². The van der Waals surface area contributed by atoms with Gasteiger partial charge in [0, 0.05) is 12.2 Å². The van der Waals surface area contributed by atoms with Crippen LogP contribution in [-0.2, 0) is 0 Å². The van der Waals surface area contributed by atoms with Gasteiger partial charge in [-0.25, -0.2) is 4.98 Å². The van der Waals surface area contributed by atoms with Gasteiger partial charge in [0.05, 0.1) is 5.56 Å². The van der Waals surface area contributed by atoms with E-state index in [2.05, 4.69) is 15.3 Å². The Kier molecular flexibility index (Phi) is 5.16. The van der Waals surface area contributed by atoms with Crippen molar-refractivity contribution in [3.63, 3.8) is 0 Å². The molecule has 1 aliphatic carbocycles. The van der Waals surface area contributed by atoms with E-state index in [1.807, 2.05) is 6.07 Å². The number of hydrogen-bond donors (Lipinski definition) is 2. The molecule has 3 N–H and O–H groups in total. The number of hydrogen-bond acceptors (Lipinski definition) is 4. The lowest BCUT2D eigenvalue weighted by molar-refractivity contribution is 0.101. The fraction of sp³-hybridized carbons (Fsp3) is 0.368. The molecule has 0 amide bonds. The van der Waals surface area contributed by atoms with Crippen LogP contribution >= 0.6 is 0 Å². The number of rotatable bonds is 4. The molecule has 2 heterocycles. The molecule has 3 rings (SSSR count). The van der Waals surface area contributed by atoms with Crippen LogP contribution in [0.15, 0.2) is 40.2 Å². The molecular formula is C19H23N5O2. The normalized spacial score (nSPS) is 15.2. The summed E-state index contributed by atoms with van der Waals surface area (Å²) < 4.78 is 1.63.